The summed E-state index contributed by atoms with van der Waals surface area (Å²) in [5.74, 6) is -2.05. The van der Waals surface area contributed by atoms with Crippen LogP contribution in [0.25, 0.3) is 11.1 Å². The summed E-state index contributed by atoms with van der Waals surface area (Å²) in [6.45, 7) is 4.84. The summed E-state index contributed by atoms with van der Waals surface area (Å²) in [6.07, 6.45) is 3.25. The van der Waals surface area contributed by atoms with Crippen molar-refractivity contribution in [3.63, 3.8) is 0 Å². The first kappa shape index (κ1) is 26.3. The average Bonchev–Trinajstić information content (AvgIpc) is 3.45. The number of aliphatic hydroxyl groups excluding tert-OH is 1. The van der Waals surface area contributed by atoms with Crippen LogP contribution >= 0.6 is 0 Å². The zero-order chi connectivity index (χ0) is 27.4. The number of hydrogen-bond acceptors (Lipinski definition) is 5. The van der Waals surface area contributed by atoms with Crippen molar-refractivity contribution in [1.82, 2.24) is 4.98 Å². The Balaban J connectivity index is 1.34. The molecule has 0 saturated heterocycles. The van der Waals surface area contributed by atoms with Crippen molar-refractivity contribution < 1.29 is 33.6 Å². The number of carbonyl (C=O) groups is 1. The Morgan fingerprint density at radius 1 is 1.13 bits per heavy atom. The molecular formula is C30H31F2NO5. The van der Waals surface area contributed by atoms with Gasteiger partial charge in [0.1, 0.15) is 18.2 Å². The largest absolute Gasteiger partial charge is 0.481 e. The highest BCUT2D eigenvalue weighted by Crippen LogP contribution is 2.61. The van der Waals surface area contributed by atoms with Crippen LogP contribution in [0.3, 0.4) is 0 Å². The van der Waals surface area contributed by atoms with Gasteiger partial charge in [0.2, 0.25) is 5.88 Å². The van der Waals surface area contributed by atoms with Crippen molar-refractivity contribution >= 4 is 5.97 Å². The molecule has 200 valence electrons. The normalized spacial score (nSPS) is 21.0. The first-order valence-electron chi connectivity index (χ1n) is 12.7. The molecule has 0 bridgehead atoms. The second-order valence-corrected chi connectivity index (χ2v) is 11.0. The van der Waals surface area contributed by atoms with Gasteiger partial charge in [0.05, 0.1) is 18.1 Å². The fourth-order valence-electron chi connectivity index (χ4n) is 5.85. The predicted octanol–water partition coefficient (Wildman–Crippen LogP) is 4.87. The van der Waals surface area contributed by atoms with E-state index in [1.54, 1.807) is 19.2 Å². The number of carboxylic acids is 1. The lowest BCUT2D eigenvalue weighted by atomic mass is 9.89. The van der Waals surface area contributed by atoms with E-state index in [4.69, 9.17) is 4.74 Å². The molecule has 4 atom stereocenters. The lowest BCUT2D eigenvalue weighted by Crippen LogP contribution is -2.29. The standard InChI is InChI=1S/C30H31F2NO5/c1-15-6-17(4-5-30(3,37)14-34)7-16(2)26(15)20-9-19(23(31)11-24(20)32)13-38-25-10-18-8-21-27(22(18)12-33-25)28(21)29(35)36/h6-7,9-12,21,27-28,34,37H,4-5,8,13-14H2,1-3H3,(H,35,36)/t21-,27-,28+,30?/m1/s1. The molecule has 8 heteroatoms. The van der Waals surface area contributed by atoms with Gasteiger partial charge in [-0.05, 0) is 85.4 Å². The molecule has 0 amide bonds. The molecule has 3 N–H and O–H groups in total. The SMILES string of the molecule is Cc1cc(CCC(C)(O)CO)cc(C)c1-c1cc(COc2cc3c(cn2)[C@H]2[C@@H](C3)[C@@H]2C(=O)O)c(F)cc1F. The van der Waals surface area contributed by atoms with Crippen LogP contribution in [0.15, 0.2) is 36.5 Å². The van der Waals surface area contributed by atoms with Gasteiger partial charge in [-0.1, -0.05) is 12.1 Å². The molecule has 0 aliphatic heterocycles. The number of aryl methyl sites for hydroxylation is 3. The number of pyridine rings is 1. The molecule has 0 spiro atoms. The number of aliphatic carboxylic acids is 1. The van der Waals surface area contributed by atoms with Gasteiger partial charge in [0.25, 0.3) is 0 Å². The summed E-state index contributed by atoms with van der Waals surface area (Å²) in [7, 11) is 0. The van der Waals surface area contributed by atoms with E-state index >= 15 is 0 Å². The number of rotatable bonds is 9. The lowest BCUT2D eigenvalue weighted by molar-refractivity contribution is -0.139. The van der Waals surface area contributed by atoms with Crippen molar-refractivity contribution in [2.45, 2.75) is 58.2 Å². The number of aromatic nitrogens is 1. The number of carboxylic acid groups (broad SMARTS) is 1. The topological polar surface area (TPSA) is 99.9 Å². The van der Waals surface area contributed by atoms with E-state index in [1.807, 2.05) is 26.0 Å². The molecule has 5 rings (SSSR count). The van der Waals surface area contributed by atoms with Crippen molar-refractivity contribution in [1.29, 1.82) is 0 Å². The van der Waals surface area contributed by atoms with Crippen molar-refractivity contribution in [3.8, 4) is 17.0 Å². The number of aliphatic hydroxyl groups is 2. The van der Waals surface area contributed by atoms with Crippen molar-refractivity contribution in [2.75, 3.05) is 6.61 Å². The molecule has 2 aliphatic rings. The van der Waals surface area contributed by atoms with Crippen molar-refractivity contribution in [3.05, 3.63) is 81.5 Å². The highest BCUT2D eigenvalue weighted by atomic mass is 19.1. The number of hydrogen-bond donors (Lipinski definition) is 3. The summed E-state index contributed by atoms with van der Waals surface area (Å²) < 4.78 is 35.5. The fourth-order valence-corrected chi connectivity index (χ4v) is 5.85. The van der Waals surface area contributed by atoms with E-state index in [0.29, 0.717) is 30.7 Å². The monoisotopic (exact) mass is 523 g/mol. The van der Waals surface area contributed by atoms with Crippen LogP contribution in [0.4, 0.5) is 8.78 Å². The summed E-state index contributed by atoms with van der Waals surface area (Å²) in [5.41, 5.74) is 4.51. The lowest BCUT2D eigenvalue weighted by Gasteiger charge is -2.21. The zero-order valence-electron chi connectivity index (χ0n) is 21.6. The minimum atomic E-state index is -1.17. The number of halogens is 2. The Hall–Kier alpha value is -3.36. The van der Waals surface area contributed by atoms with Crippen LogP contribution in [0, 0.1) is 37.3 Å². The van der Waals surface area contributed by atoms with Gasteiger partial charge in [-0.2, -0.15) is 0 Å². The third kappa shape index (κ3) is 4.90. The Labute approximate surface area is 219 Å². The Morgan fingerprint density at radius 2 is 1.84 bits per heavy atom. The van der Waals surface area contributed by atoms with Gasteiger partial charge in [-0.15, -0.1) is 0 Å². The molecule has 1 unspecified atom stereocenters. The Morgan fingerprint density at radius 3 is 2.50 bits per heavy atom. The fraction of sp³-hybridized carbons (Fsp3) is 0.400. The van der Waals surface area contributed by atoms with Crippen LogP contribution in [-0.2, 0) is 24.2 Å². The molecule has 2 aromatic carbocycles. The maximum Gasteiger partial charge on any atom is 0.307 e. The highest BCUT2D eigenvalue weighted by molar-refractivity contribution is 5.77. The third-order valence-corrected chi connectivity index (χ3v) is 7.93. The van der Waals surface area contributed by atoms with Crippen molar-refractivity contribution in [2.24, 2.45) is 11.8 Å². The van der Waals surface area contributed by atoms with E-state index in [1.165, 1.54) is 6.07 Å². The summed E-state index contributed by atoms with van der Waals surface area (Å²) in [4.78, 5) is 15.6. The van der Waals surface area contributed by atoms with Gasteiger partial charge < -0.3 is 20.1 Å². The van der Waals surface area contributed by atoms with Crippen LogP contribution in [0.1, 0.15) is 52.6 Å². The molecule has 1 heterocycles. The maximum atomic E-state index is 15.0. The number of nitrogens with zero attached hydrogens (tertiary/aromatic N) is 1. The molecule has 1 fully saturated rings. The summed E-state index contributed by atoms with van der Waals surface area (Å²) in [6, 6.07) is 7.96. The van der Waals surface area contributed by atoms with Crippen LogP contribution in [-0.4, -0.2) is 38.5 Å². The van der Waals surface area contributed by atoms with Crippen LogP contribution < -0.4 is 4.74 Å². The second kappa shape index (κ2) is 9.75. The number of ether oxygens (including phenoxy) is 1. The third-order valence-electron chi connectivity index (χ3n) is 7.93. The molecule has 38 heavy (non-hydrogen) atoms. The summed E-state index contributed by atoms with van der Waals surface area (Å²) in [5, 5.41) is 28.7. The number of fused-ring (bicyclic) bond motifs is 3. The summed E-state index contributed by atoms with van der Waals surface area (Å²) >= 11 is 0. The van der Waals surface area contributed by atoms with E-state index in [0.717, 1.165) is 33.9 Å². The van der Waals surface area contributed by atoms with Gasteiger partial charge in [0, 0.05) is 35.4 Å². The Bertz CT molecular complexity index is 1400. The smallest absolute Gasteiger partial charge is 0.307 e. The van der Waals surface area contributed by atoms with E-state index < -0.39 is 23.2 Å². The first-order chi connectivity index (χ1) is 18.0. The second-order valence-electron chi connectivity index (χ2n) is 11.0. The van der Waals surface area contributed by atoms with E-state index in [2.05, 4.69) is 4.98 Å². The number of benzene rings is 2. The highest BCUT2D eigenvalue weighted by Gasteiger charge is 2.59. The zero-order valence-corrected chi connectivity index (χ0v) is 21.6. The first-order valence-corrected chi connectivity index (χ1v) is 12.7. The van der Waals surface area contributed by atoms with Crippen LogP contribution in [0.2, 0.25) is 0 Å². The van der Waals surface area contributed by atoms with Gasteiger partial charge in [-0.25, -0.2) is 13.8 Å². The Kier molecular flexibility index (Phi) is 6.73. The van der Waals surface area contributed by atoms with Gasteiger partial charge >= 0.3 is 5.97 Å². The maximum absolute atomic E-state index is 15.0. The average molecular weight is 524 g/mol. The molecule has 1 saturated carbocycles. The van der Waals surface area contributed by atoms with Gasteiger partial charge in [0.15, 0.2) is 0 Å². The molecule has 0 radical (unpaired) electrons. The molecule has 2 aliphatic carbocycles. The van der Waals surface area contributed by atoms with E-state index in [9.17, 15) is 28.9 Å². The molecular weight excluding hydrogens is 492 g/mol. The minimum absolute atomic E-state index is 0.0156. The van der Waals surface area contributed by atoms with E-state index in [-0.39, 0.29) is 42.1 Å². The molecule has 1 aromatic heterocycles. The van der Waals surface area contributed by atoms with Crippen LogP contribution in [0.5, 0.6) is 5.88 Å². The quantitative estimate of drug-likeness (QED) is 0.370. The minimum Gasteiger partial charge on any atom is -0.481 e. The molecule has 6 nitrogen and oxygen atoms in total. The predicted molar refractivity (Wildman–Crippen MR) is 137 cm³/mol. The van der Waals surface area contributed by atoms with Gasteiger partial charge in [-0.3, -0.25) is 4.79 Å². The molecule has 3 aromatic rings.